The van der Waals surface area contributed by atoms with Gasteiger partial charge in [0.25, 0.3) is 0 Å². The van der Waals surface area contributed by atoms with Crippen molar-refractivity contribution in [3.63, 3.8) is 0 Å². The summed E-state index contributed by atoms with van der Waals surface area (Å²) in [6, 6.07) is 3.91. The van der Waals surface area contributed by atoms with E-state index in [-0.39, 0.29) is 6.10 Å². The van der Waals surface area contributed by atoms with Crippen LogP contribution in [-0.4, -0.2) is 29.3 Å². The molecule has 1 atom stereocenters. The van der Waals surface area contributed by atoms with Crippen molar-refractivity contribution >= 4 is 11.5 Å². The van der Waals surface area contributed by atoms with Crippen molar-refractivity contribution in [1.82, 2.24) is 4.98 Å². The van der Waals surface area contributed by atoms with Crippen LogP contribution in [0.4, 0.5) is 11.5 Å². The molecule has 16 heavy (non-hydrogen) atoms. The number of piperidine rings is 1. The van der Waals surface area contributed by atoms with Crippen LogP contribution in [0.15, 0.2) is 18.3 Å². The normalized spacial score (nSPS) is 19.8. The van der Waals surface area contributed by atoms with Gasteiger partial charge in [-0.25, -0.2) is 4.98 Å². The van der Waals surface area contributed by atoms with Crippen molar-refractivity contribution in [3.8, 4) is 0 Å². The fourth-order valence-corrected chi connectivity index (χ4v) is 2.30. The fourth-order valence-electron chi connectivity index (χ4n) is 2.30. The molecule has 2 rings (SSSR count). The standard InChI is InChI=1S/C12H19N3O/c1-9(16)10-4-7-15(8-5-10)11-3-2-6-14-12(11)13/h2-3,6,9-10,16H,4-5,7-8H2,1H3,(H2,13,14). The molecule has 2 heterocycles. The van der Waals surface area contributed by atoms with Crippen LogP contribution in [0.5, 0.6) is 0 Å². The first kappa shape index (κ1) is 11.2. The molecule has 4 nitrogen and oxygen atoms in total. The van der Waals surface area contributed by atoms with Crippen LogP contribution < -0.4 is 10.6 Å². The highest BCUT2D eigenvalue weighted by atomic mass is 16.3. The minimum Gasteiger partial charge on any atom is -0.393 e. The number of anilines is 2. The van der Waals surface area contributed by atoms with Crippen molar-refractivity contribution in [3.05, 3.63) is 18.3 Å². The van der Waals surface area contributed by atoms with Gasteiger partial charge in [-0.1, -0.05) is 0 Å². The molecule has 1 aromatic rings. The molecule has 88 valence electrons. The Morgan fingerprint density at radius 3 is 2.75 bits per heavy atom. The molecule has 0 aromatic carbocycles. The highest BCUT2D eigenvalue weighted by Gasteiger charge is 2.23. The summed E-state index contributed by atoms with van der Waals surface area (Å²) in [6.07, 6.45) is 3.55. The summed E-state index contributed by atoms with van der Waals surface area (Å²) in [5, 5.41) is 9.53. The fraction of sp³-hybridized carbons (Fsp3) is 0.583. The number of aliphatic hydroxyl groups excluding tert-OH is 1. The van der Waals surface area contributed by atoms with Crippen molar-refractivity contribution < 1.29 is 5.11 Å². The van der Waals surface area contributed by atoms with Crippen LogP contribution in [0, 0.1) is 5.92 Å². The van der Waals surface area contributed by atoms with E-state index in [0.717, 1.165) is 31.6 Å². The molecule has 0 radical (unpaired) electrons. The largest absolute Gasteiger partial charge is 0.393 e. The lowest BCUT2D eigenvalue weighted by molar-refractivity contribution is 0.110. The zero-order chi connectivity index (χ0) is 11.5. The Morgan fingerprint density at radius 1 is 1.50 bits per heavy atom. The third-order valence-electron chi connectivity index (χ3n) is 3.38. The lowest BCUT2D eigenvalue weighted by atomic mass is 9.92. The number of aliphatic hydroxyl groups is 1. The van der Waals surface area contributed by atoms with Gasteiger partial charge in [0.1, 0.15) is 5.82 Å². The molecule has 1 aliphatic heterocycles. The number of hydrogen-bond donors (Lipinski definition) is 2. The van der Waals surface area contributed by atoms with Crippen molar-refractivity contribution in [2.45, 2.75) is 25.9 Å². The zero-order valence-corrected chi connectivity index (χ0v) is 9.63. The molecule has 3 N–H and O–H groups in total. The van der Waals surface area contributed by atoms with Gasteiger partial charge in [0.2, 0.25) is 0 Å². The van der Waals surface area contributed by atoms with E-state index in [1.807, 2.05) is 19.1 Å². The molecule has 1 fully saturated rings. The maximum atomic E-state index is 9.53. The van der Waals surface area contributed by atoms with E-state index >= 15 is 0 Å². The van der Waals surface area contributed by atoms with Gasteiger partial charge in [0, 0.05) is 19.3 Å². The second-order valence-corrected chi connectivity index (χ2v) is 4.47. The Hall–Kier alpha value is -1.29. The summed E-state index contributed by atoms with van der Waals surface area (Å²) in [5.74, 6) is 1.02. The molecule has 0 spiro atoms. The van der Waals surface area contributed by atoms with E-state index in [4.69, 9.17) is 5.73 Å². The summed E-state index contributed by atoms with van der Waals surface area (Å²) in [7, 11) is 0. The molecule has 1 saturated heterocycles. The van der Waals surface area contributed by atoms with Gasteiger partial charge in [-0.2, -0.15) is 0 Å². The minimum absolute atomic E-state index is 0.201. The highest BCUT2D eigenvalue weighted by molar-refractivity contribution is 5.63. The number of nitrogen functional groups attached to an aromatic ring is 1. The van der Waals surface area contributed by atoms with Crippen LogP contribution >= 0.6 is 0 Å². The van der Waals surface area contributed by atoms with Crippen molar-refractivity contribution in [2.75, 3.05) is 23.7 Å². The lowest BCUT2D eigenvalue weighted by Gasteiger charge is -2.35. The monoisotopic (exact) mass is 221 g/mol. The molecule has 1 aromatic heterocycles. The van der Waals surface area contributed by atoms with Crippen LogP contribution in [0.3, 0.4) is 0 Å². The Kier molecular flexibility index (Phi) is 3.29. The van der Waals surface area contributed by atoms with E-state index in [1.165, 1.54) is 0 Å². The minimum atomic E-state index is -0.201. The van der Waals surface area contributed by atoms with Gasteiger partial charge in [0.05, 0.1) is 11.8 Å². The summed E-state index contributed by atoms with van der Waals surface area (Å²) >= 11 is 0. The van der Waals surface area contributed by atoms with Crippen LogP contribution in [0.25, 0.3) is 0 Å². The van der Waals surface area contributed by atoms with E-state index in [0.29, 0.717) is 11.7 Å². The van der Waals surface area contributed by atoms with E-state index < -0.39 is 0 Å². The van der Waals surface area contributed by atoms with Gasteiger partial charge < -0.3 is 15.7 Å². The molecule has 0 amide bonds. The molecule has 4 heteroatoms. The molecule has 1 aliphatic rings. The summed E-state index contributed by atoms with van der Waals surface area (Å²) in [5.41, 5.74) is 6.86. The van der Waals surface area contributed by atoms with E-state index in [2.05, 4.69) is 9.88 Å². The third-order valence-corrected chi connectivity index (χ3v) is 3.38. The average Bonchev–Trinajstić information content (AvgIpc) is 2.30. The Labute approximate surface area is 96.1 Å². The van der Waals surface area contributed by atoms with Gasteiger partial charge >= 0.3 is 0 Å². The van der Waals surface area contributed by atoms with Crippen LogP contribution in [0.1, 0.15) is 19.8 Å². The van der Waals surface area contributed by atoms with E-state index in [1.54, 1.807) is 6.20 Å². The van der Waals surface area contributed by atoms with Gasteiger partial charge in [-0.15, -0.1) is 0 Å². The third kappa shape index (κ3) is 2.27. The summed E-state index contributed by atoms with van der Waals surface area (Å²) in [4.78, 5) is 6.35. The molecule has 0 aliphatic carbocycles. The molecular weight excluding hydrogens is 202 g/mol. The first-order valence-corrected chi connectivity index (χ1v) is 5.82. The Balaban J connectivity index is 2.02. The van der Waals surface area contributed by atoms with E-state index in [9.17, 15) is 5.11 Å². The SMILES string of the molecule is CC(O)C1CCN(c2cccnc2N)CC1. The molecule has 0 bridgehead atoms. The second kappa shape index (κ2) is 4.70. The second-order valence-electron chi connectivity index (χ2n) is 4.47. The number of pyridine rings is 1. The number of nitrogens with zero attached hydrogens (tertiary/aromatic N) is 2. The maximum Gasteiger partial charge on any atom is 0.146 e. The smallest absolute Gasteiger partial charge is 0.146 e. The molecule has 0 saturated carbocycles. The van der Waals surface area contributed by atoms with Crippen LogP contribution in [0.2, 0.25) is 0 Å². The highest BCUT2D eigenvalue weighted by Crippen LogP contribution is 2.27. The number of aromatic nitrogens is 1. The Bertz CT molecular complexity index is 346. The average molecular weight is 221 g/mol. The van der Waals surface area contributed by atoms with Gasteiger partial charge in [-0.3, -0.25) is 0 Å². The quantitative estimate of drug-likeness (QED) is 0.789. The topological polar surface area (TPSA) is 62.4 Å². The number of nitrogens with two attached hydrogens (primary N) is 1. The van der Waals surface area contributed by atoms with Gasteiger partial charge in [0.15, 0.2) is 0 Å². The summed E-state index contributed by atoms with van der Waals surface area (Å²) < 4.78 is 0. The zero-order valence-electron chi connectivity index (χ0n) is 9.63. The molecular formula is C12H19N3O. The van der Waals surface area contributed by atoms with Gasteiger partial charge in [-0.05, 0) is 37.8 Å². The predicted octanol–water partition coefficient (Wildman–Crippen LogP) is 1.26. The summed E-state index contributed by atoms with van der Waals surface area (Å²) in [6.45, 7) is 3.77. The van der Waals surface area contributed by atoms with Crippen molar-refractivity contribution in [2.24, 2.45) is 5.92 Å². The first-order chi connectivity index (χ1) is 7.68. The van der Waals surface area contributed by atoms with Crippen LogP contribution in [-0.2, 0) is 0 Å². The molecule has 1 unspecified atom stereocenters. The predicted molar refractivity (Wildman–Crippen MR) is 65.3 cm³/mol. The first-order valence-electron chi connectivity index (χ1n) is 5.82. The number of rotatable bonds is 2. The Morgan fingerprint density at radius 2 is 2.19 bits per heavy atom. The lowest BCUT2D eigenvalue weighted by Crippen LogP contribution is -2.37. The van der Waals surface area contributed by atoms with Crippen molar-refractivity contribution in [1.29, 1.82) is 0 Å². The maximum absolute atomic E-state index is 9.53. The number of hydrogen-bond acceptors (Lipinski definition) is 4.